The van der Waals surface area contributed by atoms with Gasteiger partial charge in [0, 0.05) is 30.5 Å². The third kappa shape index (κ3) is 4.11. The summed E-state index contributed by atoms with van der Waals surface area (Å²) in [6, 6.07) is 2.05. The van der Waals surface area contributed by atoms with Gasteiger partial charge in [-0.15, -0.1) is 0 Å². The summed E-state index contributed by atoms with van der Waals surface area (Å²) in [5.74, 6) is -0.559. The van der Waals surface area contributed by atoms with Crippen molar-refractivity contribution in [2.45, 2.75) is 78.9 Å². The summed E-state index contributed by atoms with van der Waals surface area (Å²) in [6.07, 6.45) is 5.92. The molecule has 2 amide bonds. The monoisotopic (exact) mass is 437 g/mol. The van der Waals surface area contributed by atoms with E-state index in [9.17, 15) is 9.59 Å². The van der Waals surface area contributed by atoms with E-state index >= 15 is 0 Å². The highest BCUT2D eigenvalue weighted by Crippen LogP contribution is 2.26. The molecule has 1 saturated carbocycles. The normalized spacial score (nSPS) is 14.4. The number of amides is 2. The largest absolute Gasteiger partial charge is 0.348 e. The maximum atomic E-state index is 13.4. The zero-order valence-corrected chi connectivity index (χ0v) is 19.4. The van der Waals surface area contributed by atoms with Crippen LogP contribution in [0.1, 0.15) is 84.7 Å². The van der Waals surface area contributed by atoms with E-state index in [0.29, 0.717) is 23.4 Å². The number of fused-ring (bicyclic) bond motifs is 1. The lowest BCUT2D eigenvalue weighted by Gasteiger charge is -2.12. The predicted molar refractivity (Wildman–Crippen MR) is 123 cm³/mol. The molecule has 3 aromatic heterocycles. The Bertz CT molecular complexity index is 1170. The van der Waals surface area contributed by atoms with Crippen molar-refractivity contribution in [2.75, 3.05) is 5.32 Å². The lowest BCUT2D eigenvalue weighted by molar-refractivity contribution is 0.0933. The van der Waals surface area contributed by atoms with Crippen molar-refractivity contribution in [1.29, 1.82) is 0 Å². The van der Waals surface area contributed by atoms with Crippen molar-refractivity contribution in [3.8, 4) is 0 Å². The molecule has 0 saturated heterocycles. The zero-order chi connectivity index (χ0) is 23.0. The molecule has 1 aliphatic carbocycles. The highest BCUT2D eigenvalue weighted by atomic mass is 16.2. The molecular formula is C23H31N7O2. The number of aryl methyl sites for hydroxylation is 3. The van der Waals surface area contributed by atoms with E-state index in [-0.39, 0.29) is 29.6 Å². The van der Waals surface area contributed by atoms with Crippen LogP contribution in [0.15, 0.2) is 12.3 Å². The Morgan fingerprint density at radius 1 is 1.16 bits per heavy atom. The van der Waals surface area contributed by atoms with Gasteiger partial charge in [-0.1, -0.05) is 12.8 Å². The minimum absolute atomic E-state index is 0.116. The number of nitrogens with one attached hydrogen (secondary N) is 2. The third-order valence-corrected chi connectivity index (χ3v) is 5.94. The van der Waals surface area contributed by atoms with Crippen molar-refractivity contribution in [3.05, 3.63) is 34.9 Å². The zero-order valence-electron chi connectivity index (χ0n) is 19.4. The average Bonchev–Trinajstić information content (AvgIpc) is 3.47. The van der Waals surface area contributed by atoms with Crippen LogP contribution in [-0.4, -0.2) is 42.4 Å². The number of hydrogen-bond donors (Lipinski definition) is 2. The van der Waals surface area contributed by atoms with Crippen LogP contribution in [0.4, 0.5) is 5.69 Å². The Morgan fingerprint density at radius 3 is 2.53 bits per heavy atom. The first-order chi connectivity index (χ1) is 15.3. The molecule has 0 radical (unpaired) electrons. The maximum absolute atomic E-state index is 13.4. The van der Waals surface area contributed by atoms with Crippen LogP contribution in [-0.2, 0) is 6.54 Å². The Morgan fingerprint density at radius 2 is 1.88 bits per heavy atom. The van der Waals surface area contributed by atoms with Gasteiger partial charge in [-0.3, -0.25) is 14.3 Å². The number of aromatic nitrogens is 5. The van der Waals surface area contributed by atoms with Crippen molar-refractivity contribution in [3.63, 3.8) is 0 Å². The minimum atomic E-state index is -0.308. The highest BCUT2D eigenvalue weighted by molar-refractivity contribution is 6.14. The van der Waals surface area contributed by atoms with Gasteiger partial charge in [0.2, 0.25) is 0 Å². The average molecular weight is 438 g/mol. The van der Waals surface area contributed by atoms with Gasteiger partial charge in [-0.25, -0.2) is 9.67 Å². The van der Waals surface area contributed by atoms with Gasteiger partial charge in [0.1, 0.15) is 0 Å². The molecule has 32 heavy (non-hydrogen) atoms. The molecule has 170 valence electrons. The standard InChI is InChI=1S/C23H31N7O2/c1-6-29-12-18(20(28-29)23(32)25-16-9-7-8-10-16)26-22(31)17-11-14(4)24-21-19(17)15(5)27-30(21)13(2)3/h11-13,16H,6-10H2,1-5H3,(H,25,32)(H,26,31). The van der Waals surface area contributed by atoms with Crippen molar-refractivity contribution in [2.24, 2.45) is 0 Å². The van der Waals surface area contributed by atoms with Gasteiger partial charge in [0.25, 0.3) is 11.8 Å². The molecule has 9 heteroatoms. The fraction of sp³-hybridized carbons (Fsp3) is 0.522. The Labute approximate surface area is 187 Å². The molecule has 3 aromatic rings. The fourth-order valence-corrected chi connectivity index (χ4v) is 4.33. The van der Waals surface area contributed by atoms with Crippen LogP contribution in [0.3, 0.4) is 0 Å². The molecule has 1 fully saturated rings. The van der Waals surface area contributed by atoms with Gasteiger partial charge in [-0.05, 0) is 53.5 Å². The van der Waals surface area contributed by atoms with Gasteiger partial charge < -0.3 is 10.6 Å². The van der Waals surface area contributed by atoms with E-state index in [1.807, 2.05) is 39.3 Å². The molecule has 0 aliphatic heterocycles. The molecule has 0 spiro atoms. The van der Waals surface area contributed by atoms with E-state index < -0.39 is 0 Å². The molecule has 3 heterocycles. The molecule has 4 rings (SSSR count). The summed E-state index contributed by atoms with van der Waals surface area (Å²) < 4.78 is 3.50. The Balaban J connectivity index is 1.68. The highest BCUT2D eigenvalue weighted by Gasteiger charge is 2.25. The van der Waals surface area contributed by atoms with Crippen LogP contribution in [0, 0.1) is 13.8 Å². The molecule has 2 N–H and O–H groups in total. The minimum Gasteiger partial charge on any atom is -0.348 e. The maximum Gasteiger partial charge on any atom is 0.274 e. The number of carbonyl (C=O) groups is 2. The van der Waals surface area contributed by atoms with E-state index in [2.05, 4.69) is 25.8 Å². The number of carbonyl (C=O) groups excluding carboxylic acids is 2. The fourth-order valence-electron chi connectivity index (χ4n) is 4.33. The second-order valence-electron chi connectivity index (χ2n) is 8.79. The molecule has 1 aliphatic rings. The molecular weight excluding hydrogens is 406 g/mol. The number of hydrogen-bond acceptors (Lipinski definition) is 5. The van der Waals surface area contributed by atoms with Crippen LogP contribution >= 0.6 is 0 Å². The third-order valence-electron chi connectivity index (χ3n) is 5.94. The smallest absolute Gasteiger partial charge is 0.274 e. The Kier molecular flexibility index (Phi) is 5.99. The summed E-state index contributed by atoms with van der Waals surface area (Å²) in [5.41, 5.74) is 3.30. The van der Waals surface area contributed by atoms with Crippen molar-refractivity contribution in [1.82, 2.24) is 29.9 Å². The van der Waals surface area contributed by atoms with E-state index in [1.165, 1.54) is 0 Å². The first-order valence-corrected chi connectivity index (χ1v) is 11.3. The quantitative estimate of drug-likeness (QED) is 0.610. The van der Waals surface area contributed by atoms with Crippen molar-refractivity contribution < 1.29 is 9.59 Å². The number of nitrogens with zero attached hydrogens (tertiary/aromatic N) is 5. The van der Waals surface area contributed by atoms with Crippen LogP contribution in [0.2, 0.25) is 0 Å². The first kappa shape index (κ1) is 22.0. The molecule has 9 nitrogen and oxygen atoms in total. The van der Waals surface area contributed by atoms with Crippen molar-refractivity contribution >= 4 is 28.5 Å². The summed E-state index contributed by atoms with van der Waals surface area (Å²) in [4.78, 5) is 30.9. The summed E-state index contributed by atoms with van der Waals surface area (Å²) in [5, 5.41) is 15.7. The van der Waals surface area contributed by atoms with E-state index in [1.54, 1.807) is 16.9 Å². The molecule has 0 atom stereocenters. The van der Waals surface area contributed by atoms with Gasteiger partial charge in [0.05, 0.1) is 22.3 Å². The summed E-state index contributed by atoms with van der Waals surface area (Å²) in [6.45, 7) is 10.3. The second-order valence-corrected chi connectivity index (χ2v) is 8.79. The Hall–Kier alpha value is -3.23. The predicted octanol–water partition coefficient (Wildman–Crippen LogP) is 3.77. The first-order valence-electron chi connectivity index (χ1n) is 11.3. The van der Waals surface area contributed by atoms with E-state index in [4.69, 9.17) is 0 Å². The summed E-state index contributed by atoms with van der Waals surface area (Å²) >= 11 is 0. The van der Waals surface area contributed by atoms with Crippen LogP contribution in [0.25, 0.3) is 11.0 Å². The van der Waals surface area contributed by atoms with Crippen LogP contribution < -0.4 is 10.6 Å². The number of anilines is 1. The molecule has 0 unspecified atom stereocenters. The number of pyridine rings is 1. The lowest BCUT2D eigenvalue weighted by Crippen LogP contribution is -2.33. The lowest BCUT2D eigenvalue weighted by atomic mass is 10.1. The topological polar surface area (TPSA) is 107 Å². The SMILES string of the molecule is CCn1cc(NC(=O)c2cc(C)nc3c2c(C)nn3C(C)C)c(C(=O)NC2CCCC2)n1. The van der Waals surface area contributed by atoms with Gasteiger partial charge in [-0.2, -0.15) is 10.2 Å². The van der Waals surface area contributed by atoms with Crippen LogP contribution in [0.5, 0.6) is 0 Å². The second kappa shape index (κ2) is 8.72. The van der Waals surface area contributed by atoms with Gasteiger partial charge in [0.15, 0.2) is 11.3 Å². The molecule has 0 aromatic carbocycles. The number of rotatable bonds is 6. The molecule has 0 bridgehead atoms. The van der Waals surface area contributed by atoms with Gasteiger partial charge >= 0.3 is 0 Å². The van der Waals surface area contributed by atoms with E-state index in [0.717, 1.165) is 42.5 Å². The summed E-state index contributed by atoms with van der Waals surface area (Å²) in [7, 11) is 0.